The zero-order chi connectivity index (χ0) is 18.8. The summed E-state index contributed by atoms with van der Waals surface area (Å²) in [5.74, 6) is 0.529. The average molecular weight is 361 g/mol. The van der Waals surface area contributed by atoms with E-state index in [9.17, 15) is 9.59 Å². The number of fused-ring (bicyclic) bond motifs is 1. The van der Waals surface area contributed by atoms with Crippen LogP contribution in [0.2, 0.25) is 0 Å². The number of hydrogen-bond donors (Lipinski definition) is 0. The van der Waals surface area contributed by atoms with Crippen molar-refractivity contribution < 1.29 is 9.53 Å². The first-order valence-corrected chi connectivity index (χ1v) is 8.75. The number of carbonyl (C=O) groups excluding carboxylic acids is 1. The van der Waals surface area contributed by atoms with Crippen LogP contribution < -0.4 is 15.2 Å². The lowest BCUT2D eigenvalue weighted by Gasteiger charge is -2.18. The quantitative estimate of drug-likeness (QED) is 0.716. The molecule has 1 aliphatic rings. The Hall–Kier alpha value is -3.41. The Kier molecular flexibility index (Phi) is 4.46. The second-order valence-electron chi connectivity index (χ2n) is 6.36. The average Bonchev–Trinajstić information content (AvgIpc) is 3.13. The first kappa shape index (κ1) is 17.0. The second-order valence-corrected chi connectivity index (χ2v) is 6.36. The van der Waals surface area contributed by atoms with E-state index in [2.05, 4.69) is 4.98 Å². The first-order valence-electron chi connectivity index (χ1n) is 8.75. The fourth-order valence-electron chi connectivity index (χ4n) is 3.38. The summed E-state index contributed by atoms with van der Waals surface area (Å²) < 4.78 is 6.66. The summed E-state index contributed by atoms with van der Waals surface area (Å²) in [6, 6.07) is 16.7. The summed E-state index contributed by atoms with van der Waals surface area (Å²) >= 11 is 0. The Balaban J connectivity index is 1.57. The molecular weight excluding hydrogens is 342 g/mol. The lowest BCUT2D eigenvalue weighted by atomic mass is 10.1. The Morgan fingerprint density at radius 3 is 2.74 bits per heavy atom. The third kappa shape index (κ3) is 3.21. The summed E-state index contributed by atoms with van der Waals surface area (Å²) in [6.45, 7) is 0.603. The highest BCUT2D eigenvalue weighted by atomic mass is 16.5. The summed E-state index contributed by atoms with van der Waals surface area (Å²) in [6.07, 6.45) is 2.26. The standard InChI is InChI=1S/C21H19N3O3/c1-27-19-9-5-3-7-16(19)17-12-20(25)23(14-22-17)13-21(26)24-11-10-15-6-2-4-8-18(15)24/h2-9,12,14H,10-11,13H2,1H3. The molecule has 0 radical (unpaired) electrons. The van der Waals surface area contributed by atoms with Gasteiger partial charge in [-0.25, -0.2) is 4.98 Å². The van der Waals surface area contributed by atoms with Crippen molar-refractivity contribution in [2.45, 2.75) is 13.0 Å². The minimum absolute atomic E-state index is 0.0353. The Morgan fingerprint density at radius 2 is 1.93 bits per heavy atom. The lowest BCUT2D eigenvalue weighted by Crippen LogP contribution is -2.35. The van der Waals surface area contributed by atoms with Crippen molar-refractivity contribution in [1.82, 2.24) is 9.55 Å². The van der Waals surface area contributed by atoms with Gasteiger partial charge in [0, 0.05) is 23.9 Å². The van der Waals surface area contributed by atoms with Gasteiger partial charge in [0.05, 0.1) is 19.1 Å². The molecule has 0 saturated carbocycles. The Bertz CT molecular complexity index is 1060. The molecule has 1 amide bonds. The van der Waals surface area contributed by atoms with Crippen molar-refractivity contribution in [3.63, 3.8) is 0 Å². The molecule has 0 N–H and O–H groups in total. The van der Waals surface area contributed by atoms with Gasteiger partial charge in [0.15, 0.2) is 0 Å². The molecule has 2 heterocycles. The van der Waals surface area contributed by atoms with Gasteiger partial charge in [-0.15, -0.1) is 0 Å². The van der Waals surface area contributed by atoms with Gasteiger partial charge in [0.1, 0.15) is 12.3 Å². The number of rotatable bonds is 4. The van der Waals surface area contributed by atoms with Crippen molar-refractivity contribution >= 4 is 11.6 Å². The molecule has 136 valence electrons. The molecule has 1 aliphatic heterocycles. The third-order valence-corrected chi connectivity index (χ3v) is 4.76. The molecule has 1 aromatic heterocycles. The van der Waals surface area contributed by atoms with Gasteiger partial charge < -0.3 is 9.64 Å². The zero-order valence-electron chi connectivity index (χ0n) is 15.0. The molecule has 0 aliphatic carbocycles. The van der Waals surface area contributed by atoms with Gasteiger partial charge in [0.2, 0.25) is 5.91 Å². The van der Waals surface area contributed by atoms with E-state index in [-0.39, 0.29) is 18.0 Å². The zero-order valence-corrected chi connectivity index (χ0v) is 15.0. The number of methoxy groups -OCH3 is 1. The largest absolute Gasteiger partial charge is 0.496 e. The Labute approximate surface area is 156 Å². The third-order valence-electron chi connectivity index (χ3n) is 4.76. The topological polar surface area (TPSA) is 64.4 Å². The molecule has 2 aromatic carbocycles. The molecular formula is C21H19N3O3. The summed E-state index contributed by atoms with van der Waals surface area (Å²) in [7, 11) is 1.58. The summed E-state index contributed by atoms with van der Waals surface area (Å²) in [5.41, 5.74) is 3.07. The fourth-order valence-corrected chi connectivity index (χ4v) is 3.38. The monoisotopic (exact) mass is 361 g/mol. The SMILES string of the molecule is COc1ccccc1-c1cc(=O)n(CC(=O)N2CCc3ccccc32)cn1. The van der Waals surface area contributed by atoms with E-state index in [1.165, 1.54) is 17.0 Å². The highest BCUT2D eigenvalue weighted by Gasteiger charge is 2.24. The van der Waals surface area contributed by atoms with E-state index in [1.807, 2.05) is 48.5 Å². The van der Waals surface area contributed by atoms with E-state index in [0.29, 0.717) is 18.0 Å². The molecule has 6 nitrogen and oxygen atoms in total. The van der Waals surface area contributed by atoms with Crippen LogP contribution in [0.25, 0.3) is 11.3 Å². The lowest BCUT2D eigenvalue weighted by molar-refractivity contribution is -0.119. The van der Waals surface area contributed by atoms with Crippen LogP contribution in [-0.2, 0) is 17.8 Å². The van der Waals surface area contributed by atoms with Crippen LogP contribution in [0.5, 0.6) is 5.75 Å². The minimum atomic E-state index is -0.272. The number of hydrogen-bond acceptors (Lipinski definition) is 4. The molecule has 6 heteroatoms. The number of aromatic nitrogens is 2. The van der Waals surface area contributed by atoms with Crippen LogP contribution in [0, 0.1) is 0 Å². The number of anilines is 1. The van der Waals surface area contributed by atoms with Gasteiger partial charge in [-0.1, -0.05) is 30.3 Å². The number of para-hydroxylation sites is 2. The Morgan fingerprint density at radius 1 is 1.15 bits per heavy atom. The highest BCUT2D eigenvalue weighted by Crippen LogP contribution is 2.28. The maximum absolute atomic E-state index is 12.7. The highest BCUT2D eigenvalue weighted by molar-refractivity contribution is 5.95. The molecule has 0 unspecified atom stereocenters. The van der Waals surface area contributed by atoms with E-state index < -0.39 is 0 Å². The van der Waals surface area contributed by atoms with Crippen LogP contribution in [0.15, 0.2) is 65.7 Å². The molecule has 0 atom stereocenters. The van der Waals surface area contributed by atoms with E-state index in [0.717, 1.165) is 23.2 Å². The van der Waals surface area contributed by atoms with Crippen LogP contribution in [0.1, 0.15) is 5.56 Å². The molecule has 0 bridgehead atoms. The van der Waals surface area contributed by atoms with Crippen LogP contribution in [-0.4, -0.2) is 29.1 Å². The molecule has 27 heavy (non-hydrogen) atoms. The maximum atomic E-state index is 12.7. The van der Waals surface area contributed by atoms with Crippen molar-refractivity contribution in [3.05, 3.63) is 76.8 Å². The van der Waals surface area contributed by atoms with Gasteiger partial charge in [0.25, 0.3) is 5.56 Å². The van der Waals surface area contributed by atoms with Crippen molar-refractivity contribution in [2.24, 2.45) is 0 Å². The molecule has 0 fully saturated rings. The van der Waals surface area contributed by atoms with E-state index >= 15 is 0 Å². The second kappa shape index (κ2) is 7.07. The van der Waals surface area contributed by atoms with Crippen LogP contribution >= 0.6 is 0 Å². The predicted molar refractivity (Wildman–Crippen MR) is 103 cm³/mol. The van der Waals surface area contributed by atoms with Gasteiger partial charge >= 0.3 is 0 Å². The molecule has 3 aromatic rings. The number of carbonyl (C=O) groups is 1. The van der Waals surface area contributed by atoms with Crippen LogP contribution in [0.3, 0.4) is 0 Å². The van der Waals surface area contributed by atoms with Gasteiger partial charge in [-0.05, 0) is 30.2 Å². The molecule has 0 spiro atoms. The maximum Gasteiger partial charge on any atom is 0.254 e. The minimum Gasteiger partial charge on any atom is -0.496 e. The number of ether oxygens (including phenoxy) is 1. The van der Waals surface area contributed by atoms with E-state index in [1.54, 1.807) is 12.0 Å². The van der Waals surface area contributed by atoms with Crippen molar-refractivity contribution in [1.29, 1.82) is 0 Å². The smallest absolute Gasteiger partial charge is 0.254 e. The predicted octanol–water partition coefficient (Wildman–Crippen LogP) is 2.51. The van der Waals surface area contributed by atoms with Crippen molar-refractivity contribution in [3.8, 4) is 17.0 Å². The van der Waals surface area contributed by atoms with Crippen molar-refractivity contribution in [2.75, 3.05) is 18.6 Å². The van der Waals surface area contributed by atoms with Gasteiger partial charge in [-0.2, -0.15) is 0 Å². The van der Waals surface area contributed by atoms with Gasteiger partial charge in [-0.3, -0.25) is 14.2 Å². The number of benzene rings is 2. The fraction of sp³-hybridized carbons (Fsp3) is 0.190. The molecule has 4 rings (SSSR count). The number of nitrogens with zero attached hydrogens (tertiary/aromatic N) is 3. The van der Waals surface area contributed by atoms with Crippen LogP contribution in [0.4, 0.5) is 5.69 Å². The normalized spacial score (nSPS) is 12.7. The summed E-state index contributed by atoms with van der Waals surface area (Å²) in [4.78, 5) is 31.3. The summed E-state index contributed by atoms with van der Waals surface area (Å²) in [5, 5.41) is 0. The molecule has 0 saturated heterocycles. The van der Waals surface area contributed by atoms with E-state index in [4.69, 9.17) is 4.74 Å². The first-order chi connectivity index (χ1) is 13.2. The number of amides is 1.